The number of nitrogens with one attached hydrogen (secondary N) is 1. The van der Waals surface area contributed by atoms with Crippen molar-refractivity contribution in [3.05, 3.63) is 41.0 Å². The molecule has 5 nitrogen and oxygen atoms in total. The van der Waals surface area contributed by atoms with Gasteiger partial charge in [0.1, 0.15) is 0 Å². The molecule has 2 aromatic rings. The molecular formula is C18H27N5. The quantitative estimate of drug-likeness (QED) is 0.922. The van der Waals surface area contributed by atoms with Crippen LogP contribution in [0.25, 0.3) is 0 Å². The molecule has 23 heavy (non-hydrogen) atoms. The summed E-state index contributed by atoms with van der Waals surface area (Å²) in [6.07, 6.45) is 3.37. The topological polar surface area (TPSA) is 46.0 Å². The predicted molar refractivity (Wildman–Crippen MR) is 93.8 cm³/mol. The summed E-state index contributed by atoms with van der Waals surface area (Å²) in [6.45, 7) is 10.4. The standard InChI is InChI=1S/C18H27N5/c1-5-23-12-16(14(3)21-23)11-22-7-6-15(10-22)18-9-17(19-4)8-13(2)20-18/h8-9,12,15H,5-7,10-11H2,1-4H3,(H,19,20)/t15-/m1/s1. The fraction of sp³-hybridized carbons (Fsp3) is 0.556. The van der Waals surface area contributed by atoms with E-state index in [2.05, 4.69) is 54.4 Å². The summed E-state index contributed by atoms with van der Waals surface area (Å²) >= 11 is 0. The highest BCUT2D eigenvalue weighted by Crippen LogP contribution is 2.29. The van der Waals surface area contributed by atoms with Crippen LogP contribution in [-0.2, 0) is 13.1 Å². The zero-order chi connectivity index (χ0) is 16.4. The molecule has 0 radical (unpaired) electrons. The Labute approximate surface area is 138 Å². The fourth-order valence-corrected chi connectivity index (χ4v) is 3.38. The van der Waals surface area contributed by atoms with E-state index in [1.807, 2.05) is 11.7 Å². The summed E-state index contributed by atoms with van der Waals surface area (Å²) in [6, 6.07) is 4.29. The number of rotatable bonds is 5. The van der Waals surface area contributed by atoms with Crippen molar-refractivity contribution in [3.63, 3.8) is 0 Å². The molecule has 0 unspecified atom stereocenters. The van der Waals surface area contributed by atoms with Crippen molar-refractivity contribution in [2.75, 3.05) is 25.5 Å². The third-order valence-corrected chi connectivity index (χ3v) is 4.72. The third-order valence-electron chi connectivity index (χ3n) is 4.72. The van der Waals surface area contributed by atoms with Crippen molar-refractivity contribution in [1.82, 2.24) is 19.7 Å². The second-order valence-corrected chi connectivity index (χ2v) is 6.49. The molecule has 1 aliphatic rings. The van der Waals surface area contributed by atoms with E-state index in [0.717, 1.165) is 43.3 Å². The number of hydrogen-bond donors (Lipinski definition) is 1. The van der Waals surface area contributed by atoms with Crippen LogP contribution in [0.1, 0.15) is 41.9 Å². The highest BCUT2D eigenvalue weighted by Gasteiger charge is 2.26. The maximum absolute atomic E-state index is 4.76. The number of aryl methyl sites for hydroxylation is 3. The molecule has 3 rings (SSSR count). The van der Waals surface area contributed by atoms with E-state index in [4.69, 9.17) is 4.98 Å². The second-order valence-electron chi connectivity index (χ2n) is 6.49. The summed E-state index contributed by atoms with van der Waals surface area (Å²) < 4.78 is 2.03. The highest BCUT2D eigenvalue weighted by atomic mass is 15.3. The van der Waals surface area contributed by atoms with Crippen LogP contribution < -0.4 is 5.32 Å². The molecule has 3 heterocycles. The Morgan fingerprint density at radius 1 is 1.30 bits per heavy atom. The van der Waals surface area contributed by atoms with Crippen LogP contribution >= 0.6 is 0 Å². The summed E-state index contributed by atoms with van der Waals surface area (Å²) in [7, 11) is 1.97. The lowest BCUT2D eigenvalue weighted by atomic mass is 10.0. The number of hydrogen-bond acceptors (Lipinski definition) is 4. The first-order chi connectivity index (χ1) is 11.1. The predicted octanol–water partition coefficient (Wildman–Crippen LogP) is 2.95. The van der Waals surface area contributed by atoms with Crippen molar-refractivity contribution in [3.8, 4) is 0 Å². The molecular weight excluding hydrogens is 286 g/mol. The number of anilines is 1. The van der Waals surface area contributed by atoms with Crippen LogP contribution in [0.15, 0.2) is 18.3 Å². The monoisotopic (exact) mass is 313 g/mol. The summed E-state index contributed by atoms with van der Waals surface area (Å²) in [4.78, 5) is 7.28. The van der Waals surface area contributed by atoms with Gasteiger partial charge in [-0.1, -0.05) is 0 Å². The van der Waals surface area contributed by atoms with E-state index in [9.17, 15) is 0 Å². The van der Waals surface area contributed by atoms with E-state index in [-0.39, 0.29) is 0 Å². The normalized spacial score (nSPS) is 18.5. The average Bonchev–Trinajstić information content (AvgIpc) is 3.14. The molecule has 1 fully saturated rings. The maximum atomic E-state index is 4.76. The van der Waals surface area contributed by atoms with Gasteiger partial charge in [-0.05, 0) is 45.9 Å². The van der Waals surface area contributed by atoms with Crippen LogP contribution in [0.3, 0.4) is 0 Å². The van der Waals surface area contributed by atoms with Crippen LogP contribution in [0.5, 0.6) is 0 Å². The third kappa shape index (κ3) is 3.55. The van der Waals surface area contributed by atoms with Crippen LogP contribution in [0.4, 0.5) is 5.69 Å². The van der Waals surface area contributed by atoms with Gasteiger partial charge in [-0.15, -0.1) is 0 Å². The van der Waals surface area contributed by atoms with Crippen LogP contribution in [-0.4, -0.2) is 39.8 Å². The lowest BCUT2D eigenvalue weighted by Crippen LogP contribution is -2.20. The Bertz CT molecular complexity index is 676. The molecule has 0 aliphatic carbocycles. The Kier molecular flexibility index (Phi) is 4.66. The number of nitrogens with zero attached hydrogens (tertiary/aromatic N) is 4. The molecule has 1 N–H and O–H groups in total. The molecule has 0 bridgehead atoms. The van der Waals surface area contributed by atoms with Crippen LogP contribution in [0, 0.1) is 13.8 Å². The van der Waals surface area contributed by atoms with Gasteiger partial charge in [0.15, 0.2) is 0 Å². The van der Waals surface area contributed by atoms with Crippen LogP contribution in [0.2, 0.25) is 0 Å². The van der Waals surface area contributed by atoms with Gasteiger partial charge in [0, 0.05) is 61.4 Å². The van der Waals surface area contributed by atoms with E-state index < -0.39 is 0 Å². The molecule has 1 atom stereocenters. The Balaban J connectivity index is 1.68. The zero-order valence-electron chi connectivity index (χ0n) is 14.6. The molecule has 0 saturated carbocycles. The SMILES string of the molecule is CCn1cc(CN2CC[C@@H](c3cc(NC)cc(C)n3)C2)c(C)n1. The van der Waals surface area contributed by atoms with Gasteiger partial charge in [-0.25, -0.2) is 0 Å². The smallest absolute Gasteiger partial charge is 0.0638 e. The second kappa shape index (κ2) is 6.71. The van der Waals surface area contributed by atoms with Crippen molar-refractivity contribution in [1.29, 1.82) is 0 Å². The Morgan fingerprint density at radius 2 is 2.13 bits per heavy atom. The van der Waals surface area contributed by atoms with Gasteiger partial charge in [0.25, 0.3) is 0 Å². The number of pyridine rings is 1. The van der Waals surface area contributed by atoms with Crippen molar-refractivity contribution >= 4 is 5.69 Å². The van der Waals surface area contributed by atoms with Crippen molar-refractivity contribution in [2.24, 2.45) is 0 Å². The lowest BCUT2D eigenvalue weighted by molar-refractivity contribution is 0.325. The van der Waals surface area contributed by atoms with Gasteiger partial charge < -0.3 is 5.32 Å². The minimum atomic E-state index is 0.531. The van der Waals surface area contributed by atoms with Gasteiger partial charge >= 0.3 is 0 Å². The minimum Gasteiger partial charge on any atom is -0.388 e. The van der Waals surface area contributed by atoms with E-state index in [1.54, 1.807) is 0 Å². The average molecular weight is 313 g/mol. The molecule has 2 aromatic heterocycles. The number of likely N-dealkylation sites (tertiary alicyclic amines) is 1. The maximum Gasteiger partial charge on any atom is 0.0638 e. The van der Waals surface area contributed by atoms with Crippen molar-refractivity contribution < 1.29 is 0 Å². The van der Waals surface area contributed by atoms with Gasteiger partial charge in [-0.3, -0.25) is 14.6 Å². The molecule has 0 spiro atoms. The molecule has 124 valence electrons. The summed E-state index contributed by atoms with van der Waals surface area (Å²) in [5.74, 6) is 0.531. The van der Waals surface area contributed by atoms with E-state index >= 15 is 0 Å². The first-order valence-corrected chi connectivity index (χ1v) is 8.50. The largest absolute Gasteiger partial charge is 0.388 e. The summed E-state index contributed by atoms with van der Waals surface area (Å²) in [5.41, 5.74) is 5.97. The van der Waals surface area contributed by atoms with E-state index in [0.29, 0.717) is 5.92 Å². The Hall–Kier alpha value is -1.88. The van der Waals surface area contributed by atoms with Crippen molar-refractivity contribution in [2.45, 2.75) is 46.2 Å². The van der Waals surface area contributed by atoms with Gasteiger partial charge in [0.05, 0.1) is 5.69 Å². The first kappa shape index (κ1) is 16.0. The molecule has 0 amide bonds. The first-order valence-electron chi connectivity index (χ1n) is 8.50. The molecule has 1 aliphatic heterocycles. The minimum absolute atomic E-state index is 0.531. The molecule has 0 aromatic carbocycles. The molecule has 5 heteroatoms. The number of aromatic nitrogens is 3. The lowest BCUT2D eigenvalue weighted by Gasteiger charge is -2.16. The van der Waals surface area contributed by atoms with E-state index in [1.165, 1.54) is 17.7 Å². The molecule has 1 saturated heterocycles. The summed E-state index contributed by atoms with van der Waals surface area (Å²) in [5, 5.41) is 7.79. The Morgan fingerprint density at radius 3 is 2.83 bits per heavy atom. The highest BCUT2D eigenvalue weighted by molar-refractivity contribution is 5.45. The zero-order valence-corrected chi connectivity index (χ0v) is 14.6. The fourth-order valence-electron chi connectivity index (χ4n) is 3.38. The van der Waals surface area contributed by atoms with Gasteiger partial charge in [0.2, 0.25) is 0 Å². The van der Waals surface area contributed by atoms with Gasteiger partial charge in [-0.2, -0.15) is 5.10 Å².